The molecule has 0 bridgehead atoms. The van der Waals surface area contributed by atoms with E-state index in [9.17, 15) is 9.59 Å². The molecular weight excluding hydrogens is 384 g/mol. The summed E-state index contributed by atoms with van der Waals surface area (Å²) in [7, 11) is 1.54. The second kappa shape index (κ2) is 8.36. The Hall–Kier alpha value is -3.68. The number of nitrogens with one attached hydrogen (secondary N) is 1. The fourth-order valence-corrected chi connectivity index (χ4v) is 3.39. The average molecular weight is 406 g/mol. The smallest absolute Gasteiger partial charge is 0.191 e. The predicted molar refractivity (Wildman–Crippen MR) is 112 cm³/mol. The van der Waals surface area contributed by atoms with Gasteiger partial charge < -0.3 is 19.7 Å². The van der Waals surface area contributed by atoms with Crippen LogP contribution in [0.1, 0.15) is 29.3 Å². The number of aromatic nitrogens is 1. The highest BCUT2D eigenvalue weighted by Gasteiger charge is 2.33. The number of Topliss-reactive ketones (excluding diaryl/α,β-unsaturated/α-hetero) is 1. The lowest BCUT2D eigenvalue weighted by molar-refractivity contribution is -0.120. The van der Waals surface area contributed by atoms with E-state index in [2.05, 4.69) is 15.3 Å². The number of hydrogen-bond acceptors (Lipinski definition) is 8. The van der Waals surface area contributed by atoms with Crippen LogP contribution in [0, 0.1) is 0 Å². The van der Waals surface area contributed by atoms with Gasteiger partial charge in [-0.15, -0.1) is 0 Å². The summed E-state index contributed by atoms with van der Waals surface area (Å²) in [6, 6.07) is 7.10. The van der Waals surface area contributed by atoms with E-state index in [0.717, 1.165) is 11.4 Å². The highest BCUT2D eigenvalue weighted by atomic mass is 16.5. The average Bonchev–Trinajstić information content (AvgIpc) is 3.28. The third-order valence-electron chi connectivity index (χ3n) is 4.95. The molecule has 4 rings (SSSR count). The Bertz CT molecular complexity index is 1050. The Morgan fingerprint density at radius 3 is 2.90 bits per heavy atom. The quantitative estimate of drug-likeness (QED) is 0.558. The predicted octanol–water partition coefficient (Wildman–Crippen LogP) is 2.66. The van der Waals surface area contributed by atoms with Crippen LogP contribution in [0.25, 0.3) is 0 Å². The van der Waals surface area contributed by atoms with E-state index in [1.807, 2.05) is 11.0 Å². The third kappa shape index (κ3) is 3.63. The van der Waals surface area contributed by atoms with Crippen LogP contribution in [0.3, 0.4) is 0 Å². The van der Waals surface area contributed by atoms with Crippen LogP contribution >= 0.6 is 0 Å². The van der Waals surface area contributed by atoms with E-state index in [0.29, 0.717) is 48.1 Å². The van der Waals surface area contributed by atoms with Crippen molar-refractivity contribution in [3.05, 3.63) is 59.7 Å². The van der Waals surface area contributed by atoms with Gasteiger partial charge in [0.2, 0.25) is 0 Å². The van der Waals surface area contributed by atoms with E-state index < -0.39 is 0 Å². The number of ether oxygens (including phenoxy) is 2. The first-order chi connectivity index (χ1) is 14.6. The molecule has 1 aromatic carbocycles. The third-order valence-corrected chi connectivity index (χ3v) is 4.95. The molecule has 0 saturated carbocycles. The van der Waals surface area contributed by atoms with Gasteiger partial charge in [-0.25, -0.2) is 0 Å². The largest absolute Gasteiger partial charge is 0.491 e. The number of nitrogens with zero attached hydrogens (tertiary/aromatic N) is 3. The minimum Gasteiger partial charge on any atom is -0.491 e. The number of allylic oxidation sites excluding steroid dienone is 1. The van der Waals surface area contributed by atoms with Crippen molar-refractivity contribution >= 4 is 23.1 Å². The number of benzene rings is 1. The van der Waals surface area contributed by atoms with Gasteiger partial charge in [0.1, 0.15) is 18.3 Å². The van der Waals surface area contributed by atoms with E-state index in [1.54, 1.807) is 38.4 Å². The molecule has 1 aromatic heterocycles. The first kappa shape index (κ1) is 19.6. The summed E-state index contributed by atoms with van der Waals surface area (Å²) in [5.74, 6) is 2.12. The summed E-state index contributed by atoms with van der Waals surface area (Å²) >= 11 is 0. The van der Waals surface area contributed by atoms with Crippen LogP contribution in [0.15, 0.2) is 53.5 Å². The molecule has 8 heteroatoms. The standard InChI is InChI=1S/C22H22N4O4/c1-3-15(27)13-30-18-7-6-16-20(21(18)29-2)25-19(26-10-9-24-22(16)26)11-17(28)14-5-4-8-23-12-14/h4-8,11-12,25H,3,9-10,13H2,1-2H3. The van der Waals surface area contributed by atoms with Crippen molar-refractivity contribution in [3.63, 3.8) is 0 Å². The fraction of sp³-hybridized carbons (Fsp3) is 0.273. The summed E-state index contributed by atoms with van der Waals surface area (Å²) in [5, 5.41) is 3.31. The Labute approximate surface area is 174 Å². The van der Waals surface area contributed by atoms with E-state index >= 15 is 0 Å². The van der Waals surface area contributed by atoms with Gasteiger partial charge in [0.05, 0.1) is 19.3 Å². The molecule has 0 radical (unpaired) electrons. The molecule has 0 amide bonds. The second-order valence-electron chi connectivity index (χ2n) is 6.82. The van der Waals surface area contributed by atoms with Crippen LogP contribution in [0.4, 0.5) is 5.69 Å². The van der Waals surface area contributed by atoms with Gasteiger partial charge in [-0.05, 0) is 24.3 Å². The topological polar surface area (TPSA) is 93.1 Å². The van der Waals surface area contributed by atoms with Crippen LogP contribution in [-0.2, 0) is 4.79 Å². The van der Waals surface area contributed by atoms with E-state index in [4.69, 9.17) is 9.47 Å². The molecular formula is C22H22N4O4. The normalized spacial score (nSPS) is 15.7. The zero-order valence-corrected chi connectivity index (χ0v) is 16.8. The molecule has 154 valence electrons. The number of carbonyl (C=O) groups excluding carboxylic acids is 2. The molecule has 1 N–H and O–H groups in total. The van der Waals surface area contributed by atoms with Crippen molar-refractivity contribution in [2.24, 2.45) is 4.99 Å². The summed E-state index contributed by atoms with van der Waals surface area (Å²) in [5.41, 5.74) is 2.00. The van der Waals surface area contributed by atoms with Crippen molar-refractivity contribution in [2.75, 3.05) is 32.1 Å². The number of carbonyl (C=O) groups is 2. The minimum atomic E-state index is -0.166. The number of pyridine rings is 1. The van der Waals surface area contributed by atoms with Crippen molar-refractivity contribution in [2.45, 2.75) is 13.3 Å². The highest BCUT2D eigenvalue weighted by Crippen LogP contribution is 2.43. The SMILES string of the molecule is CCC(=O)COc1ccc2c(c1OC)NC(=CC(=O)c1cccnc1)N1CCN=C21. The number of hydrogen-bond donors (Lipinski definition) is 1. The molecule has 0 unspecified atom stereocenters. The first-order valence-electron chi connectivity index (χ1n) is 9.73. The lowest BCUT2D eigenvalue weighted by Crippen LogP contribution is -2.36. The molecule has 0 aliphatic carbocycles. The summed E-state index contributed by atoms with van der Waals surface area (Å²) in [6.45, 7) is 3.06. The maximum absolute atomic E-state index is 12.7. The van der Waals surface area contributed by atoms with Gasteiger partial charge >= 0.3 is 0 Å². The molecule has 3 heterocycles. The van der Waals surface area contributed by atoms with Crippen molar-refractivity contribution in [1.29, 1.82) is 0 Å². The van der Waals surface area contributed by atoms with Crippen LogP contribution in [0.2, 0.25) is 0 Å². The number of rotatable bonds is 7. The van der Waals surface area contributed by atoms with Gasteiger partial charge in [-0.1, -0.05) is 6.92 Å². The van der Waals surface area contributed by atoms with Crippen LogP contribution < -0.4 is 14.8 Å². The minimum absolute atomic E-state index is 0.00303. The van der Waals surface area contributed by atoms with E-state index in [1.165, 1.54) is 12.3 Å². The van der Waals surface area contributed by atoms with Gasteiger partial charge in [0.15, 0.2) is 23.1 Å². The van der Waals surface area contributed by atoms with Crippen molar-refractivity contribution in [1.82, 2.24) is 9.88 Å². The van der Waals surface area contributed by atoms with Gasteiger partial charge in [-0.2, -0.15) is 0 Å². The molecule has 0 saturated heterocycles. The Morgan fingerprint density at radius 2 is 2.17 bits per heavy atom. The Balaban J connectivity index is 1.72. The fourth-order valence-electron chi connectivity index (χ4n) is 3.39. The molecule has 0 fully saturated rings. The second-order valence-corrected chi connectivity index (χ2v) is 6.82. The molecule has 0 spiro atoms. The number of anilines is 1. The maximum atomic E-state index is 12.7. The van der Waals surface area contributed by atoms with Crippen LogP contribution in [0.5, 0.6) is 11.5 Å². The lowest BCUT2D eigenvalue weighted by atomic mass is 10.1. The van der Waals surface area contributed by atoms with Crippen molar-refractivity contribution < 1.29 is 19.1 Å². The summed E-state index contributed by atoms with van der Waals surface area (Å²) < 4.78 is 11.3. The molecule has 30 heavy (non-hydrogen) atoms. The zero-order chi connectivity index (χ0) is 21.1. The number of aliphatic imine (C=N–C) groups is 1. The lowest BCUT2D eigenvalue weighted by Gasteiger charge is -2.32. The van der Waals surface area contributed by atoms with Gasteiger partial charge in [0.25, 0.3) is 0 Å². The van der Waals surface area contributed by atoms with Gasteiger partial charge in [-0.3, -0.25) is 19.6 Å². The molecule has 2 aliphatic heterocycles. The number of fused-ring (bicyclic) bond motifs is 3. The molecule has 2 aromatic rings. The molecule has 2 aliphatic rings. The molecule has 8 nitrogen and oxygen atoms in total. The summed E-state index contributed by atoms with van der Waals surface area (Å²) in [4.78, 5) is 35.0. The number of ketones is 2. The van der Waals surface area contributed by atoms with Crippen molar-refractivity contribution in [3.8, 4) is 11.5 Å². The van der Waals surface area contributed by atoms with Gasteiger partial charge in [0, 0.05) is 42.6 Å². The maximum Gasteiger partial charge on any atom is 0.191 e. The number of methoxy groups -OCH3 is 1. The Morgan fingerprint density at radius 1 is 1.30 bits per heavy atom. The zero-order valence-electron chi connectivity index (χ0n) is 16.8. The van der Waals surface area contributed by atoms with Crippen LogP contribution in [-0.4, -0.2) is 54.1 Å². The highest BCUT2D eigenvalue weighted by molar-refractivity contribution is 6.11. The number of amidine groups is 1. The first-order valence-corrected chi connectivity index (χ1v) is 9.73. The Kier molecular flexibility index (Phi) is 5.47. The van der Waals surface area contributed by atoms with E-state index in [-0.39, 0.29) is 18.2 Å². The molecule has 0 atom stereocenters. The monoisotopic (exact) mass is 406 g/mol. The summed E-state index contributed by atoms with van der Waals surface area (Å²) in [6.07, 6.45) is 5.10.